The summed E-state index contributed by atoms with van der Waals surface area (Å²) in [6.45, 7) is 4.95. The predicted molar refractivity (Wildman–Crippen MR) is 62.2 cm³/mol. The molecule has 0 aromatic carbocycles. The number of nitrogens with two attached hydrogens (primary N) is 1. The van der Waals surface area contributed by atoms with Crippen molar-refractivity contribution >= 4 is 5.91 Å². The van der Waals surface area contributed by atoms with Gasteiger partial charge < -0.3 is 16.0 Å². The molecule has 1 aromatic heterocycles. The van der Waals surface area contributed by atoms with Gasteiger partial charge in [-0.05, 0) is 18.0 Å². The molecule has 88 valence electrons. The van der Waals surface area contributed by atoms with Gasteiger partial charge in [0.25, 0.3) is 5.91 Å². The van der Waals surface area contributed by atoms with Gasteiger partial charge in [-0.15, -0.1) is 0 Å². The Balaban J connectivity index is 2.60. The molecule has 1 amide bonds. The average Bonchev–Trinajstić information content (AvgIpc) is 2.27. The van der Waals surface area contributed by atoms with Crippen LogP contribution in [0.1, 0.15) is 24.2 Å². The number of hydrogen-bond acceptors (Lipinski definition) is 3. The van der Waals surface area contributed by atoms with Gasteiger partial charge in [0.15, 0.2) is 0 Å². The minimum Gasteiger partial charge on any atom is -0.351 e. The lowest BCUT2D eigenvalue weighted by atomic mass is 9.94. The molecule has 0 unspecified atom stereocenters. The molecule has 0 spiro atoms. The Morgan fingerprint density at radius 2 is 2.19 bits per heavy atom. The fraction of sp³-hybridized carbons (Fsp3) is 0.455. The molecule has 0 aliphatic heterocycles. The van der Waals surface area contributed by atoms with Crippen LogP contribution in [0.4, 0.5) is 0 Å². The van der Waals surface area contributed by atoms with E-state index in [2.05, 4.69) is 10.3 Å². The lowest BCUT2D eigenvalue weighted by molar-refractivity contribution is 0.0937. The molecular formula is C11H17N3O2. The van der Waals surface area contributed by atoms with Crippen LogP contribution in [0.5, 0.6) is 0 Å². The lowest BCUT2D eigenvalue weighted by Crippen LogP contribution is -2.38. The molecule has 16 heavy (non-hydrogen) atoms. The number of carbonyl (C=O) groups excluding carboxylic acids is 1. The van der Waals surface area contributed by atoms with Crippen LogP contribution in [0, 0.1) is 5.41 Å². The topological polar surface area (TPSA) is 88.0 Å². The molecule has 0 atom stereocenters. The van der Waals surface area contributed by atoms with Gasteiger partial charge in [0, 0.05) is 18.8 Å². The van der Waals surface area contributed by atoms with E-state index >= 15 is 0 Å². The van der Waals surface area contributed by atoms with Crippen LogP contribution >= 0.6 is 0 Å². The number of amides is 1. The Morgan fingerprint density at radius 3 is 2.69 bits per heavy atom. The van der Waals surface area contributed by atoms with E-state index in [0.29, 0.717) is 18.7 Å². The van der Waals surface area contributed by atoms with Crippen LogP contribution in [0.3, 0.4) is 0 Å². The van der Waals surface area contributed by atoms with Crippen LogP contribution in [0.2, 0.25) is 0 Å². The molecule has 5 heteroatoms. The number of aromatic nitrogens is 1. The van der Waals surface area contributed by atoms with Crippen molar-refractivity contribution in [2.45, 2.75) is 13.8 Å². The molecule has 1 aromatic rings. The number of H-pyrrole nitrogens is 1. The Bertz CT molecular complexity index is 403. The Morgan fingerprint density at radius 1 is 1.50 bits per heavy atom. The second-order valence-corrected chi connectivity index (χ2v) is 4.49. The molecule has 0 saturated carbocycles. The highest BCUT2D eigenvalue weighted by Crippen LogP contribution is 2.10. The molecule has 0 radical (unpaired) electrons. The normalized spacial score (nSPS) is 11.2. The second kappa shape index (κ2) is 4.94. The van der Waals surface area contributed by atoms with Gasteiger partial charge in [0.2, 0.25) is 5.56 Å². The average molecular weight is 223 g/mol. The fourth-order valence-corrected chi connectivity index (χ4v) is 1.05. The standard InChI is InChI=1S/C11H17N3O2/c1-11(2,6-12)7-14-10(16)8-3-4-9(15)13-5-8/h3-5H,6-7,12H2,1-2H3,(H,13,15)(H,14,16). The van der Waals surface area contributed by atoms with Crippen molar-refractivity contribution in [3.8, 4) is 0 Å². The van der Waals surface area contributed by atoms with Crippen molar-refractivity contribution in [3.05, 3.63) is 34.2 Å². The van der Waals surface area contributed by atoms with E-state index in [-0.39, 0.29) is 16.9 Å². The van der Waals surface area contributed by atoms with E-state index in [4.69, 9.17) is 5.73 Å². The van der Waals surface area contributed by atoms with Crippen LogP contribution < -0.4 is 16.6 Å². The van der Waals surface area contributed by atoms with Crippen molar-refractivity contribution < 1.29 is 4.79 Å². The molecule has 0 fully saturated rings. The summed E-state index contributed by atoms with van der Waals surface area (Å²) in [6.07, 6.45) is 1.40. The lowest BCUT2D eigenvalue weighted by Gasteiger charge is -2.22. The zero-order valence-corrected chi connectivity index (χ0v) is 9.54. The Kier molecular flexibility index (Phi) is 3.84. The molecule has 5 nitrogen and oxygen atoms in total. The van der Waals surface area contributed by atoms with Gasteiger partial charge in [0.05, 0.1) is 5.56 Å². The maximum absolute atomic E-state index is 11.6. The summed E-state index contributed by atoms with van der Waals surface area (Å²) in [5, 5.41) is 2.77. The fourth-order valence-electron chi connectivity index (χ4n) is 1.05. The van der Waals surface area contributed by atoms with Gasteiger partial charge in [-0.25, -0.2) is 0 Å². The first-order valence-electron chi connectivity index (χ1n) is 5.12. The third kappa shape index (κ3) is 3.51. The highest BCUT2D eigenvalue weighted by Gasteiger charge is 2.16. The number of nitrogens with one attached hydrogen (secondary N) is 2. The van der Waals surface area contributed by atoms with E-state index in [9.17, 15) is 9.59 Å². The zero-order valence-electron chi connectivity index (χ0n) is 9.54. The van der Waals surface area contributed by atoms with Crippen molar-refractivity contribution in [2.24, 2.45) is 11.1 Å². The van der Waals surface area contributed by atoms with E-state index < -0.39 is 0 Å². The Hall–Kier alpha value is -1.62. The van der Waals surface area contributed by atoms with Crippen LogP contribution in [0.15, 0.2) is 23.1 Å². The number of hydrogen-bond donors (Lipinski definition) is 3. The molecule has 1 heterocycles. The third-order valence-corrected chi connectivity index (χ3v) is 2.33. The SMILES string of the molecule is CC(C)(CN)CNC(=O)c1ccc(=O)[nH]c1. The van der Waals surface area contributed by atoms with E-state index in [0.717, 1.165) is 0 Å². The van der Waals surface area contributed by atoms with Crippen molar-refractivity contribution in [3.63, 3.8) is 0 Å². The first kappa shape index (κ1) is 12.4. The number of carbonyl (C=O) groups is 1. The summed E-state index contributed by atoms with van der Waals surface area (Å²) >= 11 is 0. The molecular weight excluding hydrogens is 206 g/mol. The van der Waals surface area contributed by atoms with E-state index in [1.807, 2.05) is 13.8 Å². The highest BCUT2D eigenvalue weighted by atomic mass is 16.1. The summed E-state index contributed by atoms with van der Waals surface area (Å²) in [7, 11) is 0. The van der Waals surface area contributed by atoms with Gasteiger partial charge in [-0.3, -0.25) is 9.59 Å². The monoisotopic (exact) mass is 223 g/mol. The van der Waals surface area contributed by atoms with Gasteiger partial charge in [-0.1, -0.05) is 13.8 Å². The molecule has 0 bridgehead atoms. The first-order chi connectivity index (χ1) is 7.44. The van der Waals surface area contributed by atoms with Gasteiger partial charge >= 0.3 is 0 Å². The maximum atomic E-state index is 11.6. The first-order valence-corrected chi connectivity index (χ1v) is 5.12. The van der Waals surface area contributed by atoms with Crippen LogP contribution in [-0.4, -0.2) is 24.0 Å². The quantitative estimate of drug-likeness (QED) is 0.676. The third-order valence-electron chi connectivity index (χ3n) is 2.33. The van der Waals surface area contributed by atoms with Crippen molar-refractivity contribution in [1.29, 1.82) is 0 Å². The van der Waals surface area contributed by atoms with Gasteiger partial charge in [0.1, 0.15) is 0 Å². The zero-order chi connectivity index (χ0) is 12.2. The largest absolute Gasteiger partial charge is 0.351 e. The summed E-state index contributed by atoms with van der Waals surface area (Å²) in [5.41, 5.74) is 5.64. The highest BCUT2D eigenvalue weighted by molar-refractivity contribution is 5.93. The molecule has 4 N–H and O–H groups in total. The minimum absolute atomic E-state index is 0.127. The number of rotatable bonds is 4. The molecule has 0 aliphatic carbocycles. The summed E-state index contributed by atoms with van der Waals surface area (Å²) in [5.74, 6) is -0.210. The minimum atomic E-state index is -0.223. The van der Waals surface area contributed by atoms with Gasteiger partial charge in [-0.2, -0.15) is 0 Å². The smallest absolute Gasteiger partial charge is 0.252 e. The van der Waals surface area contributed by atoms with Crippen molar-refractivity contribution in [2.75, 3.05) is 13.1 Å². The van der Waals surface area contributed by atoms with E-state index in [1.54, 1.807) is 0 Å². The van der Waals surface area contributed by atoms with E-state index in [1.165, 1.54) is 18.3 Å². The molecule has 1 rings (SSSR count). The number of pyridine rings is 1. The van der Waals surface area contributed by atoms with Crippen LogP contribution in [-0.2, 0) is 0 Å². The molecule has 0 aliphatic rings. The maximum Gasteiger partial charge on any atom is 0.252 e. The second-order valence-electron chi connectivity index (χ2n) is 4.49. The molecule has 0 saturated heterocycles. The summed E-state index contributed by atoms with van der Waals surface area (Å²) < 4.78 is 0. The van der Waals surface area contributed by atoms with Crippen molar-refractivity contribution in [1.82, 2.24) is 10.3 Å². The summed E-state index contributed by atoms with van der Waals surface area (Å²) in [6, 6.07) is 2.81. The summed E-state index contributed by atoms with van der Waals surface area (Å²) in [4.78, 5) is 24.9. The number of aromatic amines is 1. The predicted octanol–water partition coefficient (Wildman–Crippen LogP) is 0.0896. The van der Waals surface area contributed by atoms with Crippen LogP contribution in [0.25, 0.3) is 0 Å². The Labute approximate surface area is 94.1 Å².